The van der Waals surface area contributed by atoms with Crippen LogP contribution in [0.4, 0.5) is 0 Å². The van der Waals surface area contributed by atoms with Gasteiger partial charge in [0.2, 0.25) is 17.2 Å². The Morgan fingerprint density at radius 1 is 1.23 bits per heavy atom. The predicted molar refractivity (Wildman–Crippen MR) is 109 cm³/mol. The van der Waals surface area contributed by atoms with E-state index in [-0.39, 0.29) is 33.6 Å². The highest BCUT2D eigenvalue weighted by Gasteiger charge is 2.60. The van der Waals surface area contributed by atoms with E-state index in [1.54, 1.807) is 13.0 Å². The molecule has 0 aromatic heterocycles. The van der Waals surface area contributed by atoms with E-state index in [1.807, 2.05) is 0 Å². The van der Waals surface area contributed by atoms with Crippen LogP contribution in [0.5, 0.6) is 17.2 Å². The maximum atomic E-state index is 13.4. The highest BCUT2D eigenvalue weighted by Crippen LogP contribution is 2.52. The van der Waals surface area contributed by atoms with Crippen molar-refractivity contribution in [1.82, 2.24) is 5.32 Å². The molecule has 0 bridgehead atoms. The molecule has 0 fully saturated rings. The van der Waals surface area contributed by atoms with Crippen molar-refractivity contribution in [2.24, 2.45) is 5.92 Å². The summed E-state index contributed by atoms with van der Waals surface area (Å²) in [7, 11) is -0.410. The maximum Gasteiger partial charge on any atom is 0.236 e. The lowest BCUT2D eigenvalue weighted by Gasteiger charge is -2.35. The van der Waals surface area contributed by atoms with Crippen molar-refractivity contribution in [1.29, 1.82) is 0 Å². The van der Waals surface area contributed by atoms with E-state index in [1.165, 1.54) is 26.4 Å². The molecule has 0 saturated carbocycles. The standard InChI is InChI=1S/C20H20ClNO7S/c1-10-6-12(22-11-4-5-30(25,26)9-11)7-15(23)20(10)19(24)16-13(27-2)8-14(28-3)17(21)18(16)29-20/h4-5,7-8,10-11,22H,6,9H2,1-3H3/t10-,11-,20+/m1/s1. The topological polar surface area (TPSA) is 108 Å². The van der Waals surface area contributed by atoms with Gasteiger partial charge < -0.3 is 19.5 Å². The maximum absolute atomic E-state index is 13.4. The number of fused-ring (bicyclic) bond motifs is 1. The molecule has 10 heteroatoms. The lowest BCUT2D eigenvalue weighted by molar-refractivity contribution is -0.129. The zero-order valence-corrected chi connectivity index (χ0v) is 18.1. The number of hydrogen-bond donors (Lipinski definition) is 1. The first kappa shape index (κ1) is 20.7. The molecule has 0 radical (unpaired) electrons. The Morgan fingerprint density at radius 3 is 2.50 bits per heavy atom. The van der Waals surface area contributed by atoms with E-state index in [0.29, 0.717) is 12.1 Å². The number of benzene rings is 1. The van der Waals surface area contributed by atoms with Gasteiger partial charge in [-0.15, -0.1) is 0 Å². The molecule has 2 heterocycles. The Bertz CT molecular complexity index is 1120. The Labute approximate surface area is 178 Å². The first-order chi connectivity index (χ1) is 14.1. The molecular weight excluding hydrogens is 434 g/mol. The Hall–Kier alpha value is -2.52. The van der Waals surface area contributed by atoms with Crippen LogP contribution in [0, 0.1) is 5.92 Å². The summed E-state index contributed by atoms with van der Waals surface area (Å²) in [6.45, 7) is 1.73. The van der Waals surface area contributed by atoms with Gasteiger partial charge in [0.15, 0.2) is 15.6 Å². The average Bonchev–Trinajstić information content (AvgIpc) is 3.19. The molecule has 1 aromatic rings. The second kappa shape index (κ2) is 7.02. The van der Waals surface area contributed by atoms with Crippen LogP contribution in [0.25, 0.3) is 0 Å². The molecule has 8 nitrogen and oxygen atoms in total. The fraction of sp³-hybridized carbons (Fsp3) is 0.400. The van der Waals surface area contributed by atoms with Crippen LogP contribution in [-0.4, -0.2) is 51.6 Å². The number of carbonyl (C=O) groups is 2. The number of nitrogens with one attached hydrogen (secondary N) is 1. The Morgan fingerprint density at radius 2 is 1.93 bits per heavy atom. The third-order valence-electron chi connectivity index (χ3n) is 5.61. The van der Waals surface area contributed by atoms with E-state index >= 15 is 0 Å². The fourth-order valence-electron chi connectivity index (χ4n) is 4.13. The molecule has 0 amide bonds. The smallest absolute Gasteiger partial charge is 0.236 e. The van der Waals surface area contributed by atoms with Crippen LogP contribution < -0.4 is 19.5 Å². The summed E-state index contributed by atoms with van der Waals surface area (Å²) in [5, 5.41) is 4.31. The highest BCUT2D eigenvalue weighted by atomic mass is 35.5. The number of carbonyl (C=O) groups excluding carboxylic acids is 2. The quantitative estimate of drug-likeness (QED) is 0.690. The van der Waals surface area contributed by atoms with E-state index in [4.69, 9.17) is 25.8 Å². The summed E-state index contributed by atoms with van der Waals surface area (Å²) in [6, 6.07) is 1.06. The molecule has 1 aliphatic carbocycles. The largest absolute Gasteiger partial charge is 0.496 e. The van der Waals surface area contributed by atoms with Gasteiger partial charge in [-0.25, -0.2) is 8.42 Å². The predicted octanol–water partition coefficient (Wildman–Crippen LogP) is 2.06. The minimum absolute atomic E-state index is 0.0627. The lowest BCUT2D eigenvalue weighted by Crippen LogP contribution is -2.55. The molecule has 0 unspecified atom stereocenters. The van der Waals surface area contributed by atoms with E-state index in [0.717, 1.165) is 5.41 Å². The normalized spacial score (nSPS) is 28.9. The van der Waals surface area contributed by atoms with Gasteiger partial charge in [0.25, 0.3) is 0 Å². The monoisotopic (exact) mass is 453 g/mol. The van der Waals surface area contributed by atoms with E-state index < -0.39 is 39.0 Å². The highest BCUT2D eigenvalue weighted by molar-refractivity contribution is 7.94. The summed E-state index contributed by atoms with van der Waals surface area (Å²) in [4.78, 5) is 26.6. The van der Waals surface area contributed by atoms with Crippen molar-refractivity contribution in [2.45, 2.75) is 25.0 Å². The Balaban J connectivity index is 1.69. The SMILES string of the molecule is COc1cc(OC)c2c(c1Cl)O[C@@]1(C(=O)C=C(N[C@@H]3C=CS(=O)(=O)C3)C[C@H]1C)C2=O. The number of Topliss-reactive ketones (excluding diaryl/α,β-unsaturated/α-hetero) is 1. The minimum Gasteiger partial charge on any atom is -0.496 e. The van der Waals surface area contributed by atoms with Gasteiger partial charge in [0.1, 0.15) is 22.1 Å². The number of ether oxygens (including phenoxy) is 3. The molecule has 2 aliphatic heterocycles. The van der Waals surface area contributed by atoms with Crippen LogP contribution >= 0.6 is 11.6 Å². The summed E-state index contributed by atoms with van der Waals surface area (Å²) < 4.78 is 39.7. The minimum atomic E-state index is -3.23. The van der Waals surface area contributed by atoms with Crippen LogP contribution in [0.3, 0.4) is 0 Å². The molecule has 160 valence electrons. The number of ketones is 2. The lowest BCUT2D eigenvalue weighted by atomic mass is 9.74. The molecule has 1 N–H and O–H groups in total. The average molecular weight is 454 g/mol. The first-order valence-electron chi connectivity index (χ1n) is 9.23. The third-order valence-corrected chi connectivity index (χ3v) is 7.36. The Kier molecular flexibility index (Phi) is 4.85. The fourth-order valence-corrected chi connectivity index (χ4v) is 5.63. The van der Waals surface area contributed by atoms with Gasteiger partial charge in [-0.3, -0.25) is 9.59 Å². The number of allylic oxidation sites excluding steroid dienone is 1. The van der Waals surface area contributed by atoms with Crippen molar-refractivity contribution in [2.75, 3.05) is 20.0 Å². The number of halogens is 1. The summed E-state index contributed by atoms with van der Waals surface area (Å²) in [6.07, 6.45) is 3.16. The molecule has 30 heavy (non-hydrogen) atoms. The van der Waals surface area contributed by atoms with Crippen molar-refractivity contribution < 1.29 is 32.2 Å². The van der Waals surface area contributed by atoms with Gasteiger partial charge in [-0.2, -0.15) is 0 Å². The van der Waals surface area contributed by atoms with E-state index in [9.17, 15) is 18.0 Å². The zero-order chi connectivity index (χ0) is 21.8. The van der Waals surface area contributed by atoms with Crippen molar-refractivity contribution in [3.8, 4) is 17.2 Å². The first-order valence-corrected chi connectivity index (χ1v) is 11.3. The molecule has 0 saturated heterocycles. The van der Waals surface area contributed by atoms with Crippen LogP contribution in [0.2, 0.25) is 5.02 Å². The van der Waals surface area contributed by atoms with Gasteiger partial charge in [0.05, 0.1) is 26.0 Å². The van der Waals surface area contributed by atoms with Gasteiger partial charge in [0, 0.05) is 29.2 Å². The second-order valence-corrected chi connectivity index (χ2v) is 9.82. The van der Waals surface area contributed by atoms with Crippen molar-refractivity contribution in [3.05, 3.63) is 39.9 Å². The second-order valence-electron chi connectivity index (χ2n) is 7.51. The number of sulfone groups is 1. The molecule has 1 aromatic carbocycles. The number of rotatable bonds is 4. The van der Waals surface area contributed by atoms with Crippen LogP contribution in [0.15, 0.2) is 29.3 Å². The number of methoxy groups -OCH3 is 2. The molecular formula is C20H20ClNO7S. The van der Waals surface area contributed by atoms with Crippen molar-refractivity contribution in [3.63, 3.8) is 0 Å². The zero-order valence-electron chi connectivity index (χ0n) is 16.5. The summed E-state index contributed by atoms with van der Waals surface area (Å²) in [5.41, 5.74) is -1.10. The van der Waals surface area contributed by atoms with Gasteiger partial charge in [-0.05, 0) is 6.42 Å². The summed E-state index contributed by atoms with van der Waals surface area (Å²) >= 11 is 6.35. The van der Waals surface area contributed by atoms with Crippen LogP contribution in [0.1, 0.15) is 23.7 Å². The van der Waals surface area contributed by atoms with E-state index in [2.05, 4.69) is 5.32 Å². The molecule has 3 atom stereocenters. The van der Waals surface area contributed by atoms with Gasteiger partial charge >= 0.3 is 0 Å². The molecule has 4 rings (SSSR count). The van der Waals surface area contributed by atoms with Crippen molar-refractivity contribution >= 4 is 33.0 Å². The number of hydrogen-bond acceptors (Lipinski definition) is 8. The van der Waals surface area contributed by atoms with Crippen LogP contribution in [-0.2, 0) is 14.6 Å². The third kappa shape index (κ3) is 2.99. The summed E-state index contributed by atoms with van der Waals surface area (Å²) in [5.74, 6) is -1.13. The van der Waals surface area contributed by atoms with Gasteiger partial charge in [-0.1, -0.05) is 24.6 Å². The molecule has 1 spiro atoms. The molecule has 3 aliphatic rings.